The van der Waals surface area contributed by atoms with Crippen molar-refractivity contribution in [1.82, 2.24) is 9.78 Å². The number of benzene rings is 1. The Kier molecular flexibility index (Phi) is 3.44. The minimum Gasteiger partial charge on any atom is -0.486 e. The summed E-state index contributed by atoms with van der Waals surface area (Å²) in [4.78, 5) is 0. The summed E-state index contributed by atoms with van der Waals surface area (Å²) in [5.74, 6) is 1.42. The molecule has 0 radical (unpaired) electrons. The molecule has 1 aromatic carbocycles. The van der Waals surface area contributed by atoms with E-state index in [1.54, 1.807) is 10.7 Å². The highest BCUT2D eigenvalue weighted by molar-refractivity contribution is 6.33. The number of rotatable bonds is 3. The number of anilines is 1. The summed E-state index contributed by atoms with van der Waals surface area (Å²) in [7, 11) is 1.90. The van der Waals surface area contributed by atoms with Crippen LogP contribution in [-0.4, -0.2) is 23.0 Å². The van der Waals surface area contributed by atoms with E-state index in [4.69, 9.17) is 21.1 Å². The SMILES string of the molecule is CC(Nc1cc2c(cc1Cl)OCCO2)c1cnn(C)c1. The molecule has 0 aliphatic carbocycles. The van der Waals surface area contributed by atoms with Gasteiger partial charge in [0.2, 0.25) is 0 Å². The number of halogens is 1. The maximum absolute atomic E-state index is 6.28. The van der Waals surface area contributed by atoms with Crippen molar-refractivity contribution in [3.8, 4) is 11.5 Å². The maximum atomic E-state index is 6.28. The fourth-order valence-corrected chi connectivity index (χ4v) is 2.36. The van der Waals surface area contributed by atoms with Crippen molar-refractivity contribution >= 4 is 17.3 Å². The van der Waals surface area contributed by atoms with Gasteiger partial charge in [0.25, 0.3) is 0 Å². The van der Waals surface area contributed by atoms with Crippen molar-refractivity contribution < 1.29 is 9.47 Å². The number of ether oxygens (including phenoxy) is 2. The van der Waals surface area contributed by atoms with Gasteiger partial charge in [0.15, 0.2) is 11.5 Å². The standard InChI is InChI=1S/C14H16ClN3O2/c1-9(10-7-16-18(2)8-10)17-12-6-14-13(5-11(12)15)19-3-4-20-14/h5-9,17H,3-4H2,1-2H3. The third-order valence-electron chi connectivity index (χ3n) is 3.23. The Morgan fingerprint density at radius 1 is 1.30 bits per heavy atom. The molecular formula is C14H16ClN3O2. The number of nitrogens with zero attached hydrogens (tertiary/aromatic N) is 2. The molecule has 1 N–H and O–H groups in total. The zero-order chi connectivity index (χ0) is 14.1. The van der Waals surface area contributed by atoms with Crippen molar-refractivity contribution in [2.24, 2.45) is 7.05 Å². The molecule has 20 heavy (non-hydrogen) atoms. The second kappa shape index (κ2) is 5.25. The number of fused-ring (bicyclic) bond motifs is 1. The summed E-state index contributed by atoms with van der Waals surface area (Å²) in [6.07, 6.45) is 3.81. The van der Waals surface area contributed by atoms with Crippen LogP contribution in [-0.2, 0) is 7.05 Å². The maximum Gasteiger partial charge on any atom is 0.163 e. The van der Waals surface area contributed by atoms with E-state index in [2.05, 4.69) is 17.3 Å². The van der Waals surface area contributed by atoms with Gasteiger partial charge in [-0.1, -0.05) is 11.6 Å². The van der Waals surface area contributed by atoms with Gasteiger partial charge in [0.05, 0.1) is 22.9 Å². The second-order valence-corrected chi connectivity index (χ2v) is 5.20. The van der Waals surface area contributed by atoms with Crippen LogP contribution < -0.4 is 14.8 Å². The van der Waals surface area contributed by atoms with E-state index in [-0.39, 0.29) is 6.04 Å². The molecule has 6 heteroatoms. The molecule has 0 fully saturated rings. The quantitative estimate of drug-likeness (QED) is 0.945. The smallest absolute Gasteiger partial charge is 0.163 e. The monoisotopic (exact) mass is 293 g/mol. The minimum absolute atomic E-state index is 0.101. The van der Waals surface area contributed by atoms with Gasteiger partial charge in [0.1, 0.15) is 13.2 Å². The zero-order valence-electron chi connectivity index (χ0n) is 11.4. The molecule has 1 aromatic heterocycles. The van der Waals surface area contributed by atoms with Crippen LogP contribution in [0.3, 0.4) is 0 Å². The van der Waals surface area contributed by atoms with E-state index in [1.807, 2.05) is 25.5 Å². The summed E-state index contributed by atoms with van der Waals surface area (Å²) in [5.41, 5.74) is 1.92. The first-order chi connectivity index (χ1) is 9.63. The highest BCUT2D eigenvalue weighted by Gasteiger charge is 2.16. The second-order valence-electron chi connectivity index (χ2n) is 4.79. The molecule has 106 valence electrons. The number of hydrogen-bond acceptors (Lipinski definition) is 4. The Balaban J connectivity index is 1.83. The third-order valence-corrected chi connectivity index (χ3v) is 3.54. The number of nitrogens with one attached hydrogen (secondary N) is 1. The van der Waals surface area contributed by atoms with Crippen molar-refractivity contribution in [2.45, 2.75) is 13.0 Å². The molecule has 1 aliphatic rings. The van der Waals surface area contributed by atoms with Gasteiger partial charge < -0.3 is 14.8 Å². The molecule has 5 nitrogen and oxygen atoms in total. The molecule has 1 atom stereocenters. The third kappa shape index (κ3) is 2.54. The van der Waals surface area contributed by atoms with Crippen molar-refractivity contribution in [2.75, 3.05) is 18.5 Å². The lowest BCUT2D eigenvalue weighted by Gasteiger charge is -2.21. The fraction of sp³-hybridized carbons (Fsp3) is 0.357. The summed E-state index contributed by atoms with van der Waals surface area (Å²) in [6.45, 7) is 3.18. The van der Waals surface area contributed by atoms with Gasteiger partial charge in [-0.2, -0.15) is 5.10 Å². The normalized spacial score (nSPS) is 14.9. The summed E-state index contributed by atoms with van der Waals surface area (Å²) < 4.78 is 12.8. The van der Waals surface area contributed by atoms with E-state index in [1.165, 1.54) is 0 Å². The summed E-state index contributed by atoms with van der Waals surface area (Å²) in [6, 6.07) is 3.77. The number of hydrogen-bond donors (Lipinski definition) is 1. The lowest BCUT2D eigenvalue weighted by atomic mass is 10.1. The van der Waals surface area contributed by atoms with Crippen LogP contribution in [0.5, 0.6) is 11.5 Å². The van der Waals surface area contributed by atoms with Gasteiger partial charge in [-0.3, -0.25) is 4.68 Å². The topological polar surface area (TPSA) is 48.3 Å². The Hall–Kier alpha value is -1.88. The van der Waals surface area contributed by atoms with E-state index in [9.17, 15) is 0 Å². The van der Waals surface area contributed by atoms with E-state index in [0.29, 0.717) is 24.0 Å². The molecule has 2 heterocycles. The van der Waals surface area contributed by atoms with Crippen LogP contribution in [0.15, 0.2) is 24.5 Å². The lowest BCUT2D eigenvalue weighted by molar-refractivity contribution is 0.171. The predicted molar refractivity (Wildman–Crippen MR) is 77.7 cm³/mol. The first-order valence-corrected chi connectivity index (χ1v) is 6.85. The van der Waals surface area contributed by atoms with Crippen LogP contribution >= 0.6 is 11.6 Å². The molecule has 3 rings (SSSR count). The first-order valence-electron chi connectivity index (χ1n) is 6.47. The van der Waals surface area contributed by atoms with Crippen molar-refractivity contribution in [3.05, 3.63) is 35.1 Å². The van der Waals surface area contributed by atoms with Crippen LogP contribution in [0.2, 0.25) is 5.02 Å². The molecule has 1 aliphatic heterocycles. The number of aryl methyl sites for hydroxylation is 1. The predicted octanol–water partition coefficient (Wildman–Crippen LogP) is 3.02. The van der Waals surface area contributed by atoms with Gasteiger partial charge in [-0.25, -0.2) is 0 Å². The fourth-order valence-electron chi connectivity index (χ4n) is 2.15. The van der Waals surface area contributed by atoms with Gasteiger partial charge in [-0.05, 0) is 6.92 Å². The molecule has 0 spiro atoms. The largest absolute Gasteiger partial charge is 0.486 e. The van der Waals surface area contributed by atoms with Crippen LogP contribution in [0, 0.1) is 0 Å². The lowest BCUT2D eigenvalue weighted by Crippen LogP contribution is -2.16. The molecule has 2 aromatic rings. The molecule has 0 amide bonds. The zero-order valence-corrected chi connectivity index (χ0v) is 12.1. The van der Waals surface area contributed by atoms with Gasteiger partial charge in [0, 0.05) is 30.9 Å². The molecule has 0 bridgehead atoms. The highest BCUT2D eigenvalue weighted by atomic mass is 35.5. The van der Waals surface area contributed by atoms with Gasteiger partial charge >= 0.3 is 0 Å². The van der Waals surface area contributed by atoms with E-state index < -0.39 is 0 Å². The molecule has 0 saturated heterocycles. The first kappa shape index (κ1) is 13.1. The average molecular weight is 294 g/mol. The van der Waals surface area contributed by atoms with Crippen molar-refractivity contribution in [1.29, 1.82) is 0 Å². The Morgan fingerprint density at radius 2 is 2.00 bits per heavy atom. The molecular weight excluding hydrogens is 278 g/mol. The molecule has 1 unspecified atom stereocenters. The van der Waals surface area contributed by atoms with Crippen LogP contribution in [0.4, 0.5) is 5.69 Å². The Labute approximate surface area is 122 Å². The summed E-state index contributed by atoms with van der Waals surface area (Å²) >= 11 is 6.28. The van der Waals surface area contributed by atoms with Crippen LogP contribution in [0.1, 0.15) is 18.5 Å². The number of aromatic nitrogens is 2. The summed E-state index contributed by atoms with van der Waals surface area (Å²) in [5, 5.41) is 8.16. The van der Waals surface area contributed by atoms with Crippen LogP contribution in [0.25, 0.3) is 0 Å². The highest BCUT2D eigenvalue weighted by Crippen LogP contribution is 2.39. The Morgan fingerprint density at radius 3 is 2.65 bits per heavy atom. The van der Waals surface area contributed by atoms with Crippen molar-refractivity contribution in [3.63, 3.8) is 0 Å². The van der Waals surface area contributed by atoms with E-state index in [0.717, 1.165) is 17.0 Å². The minimum atomic E-state index is 0.101. The Bertz CT molecular complexity index is 627. The van der Waals surface area contributed by atoms with Gasteiger partial charge in [-0.15, -0.1) is 0 Å². The van der Waals surface area contributed by atoms with E-state index >= 15 is 0 Å². The average Bonchev–Trinajstić information content (AvgIpc) is 2.86. The molecule has 0 saturated carbocycles.